The molecule has 0 aliphatic carbocycles. The van der Waals surface area contributed by atoms with Crippen molar-refractivity contribution in [1.82, 2.24) is 0 Å². The minimum Gasteiger partial charge on any atom is -0.396 e. The monoisotopic (exact) mass is 224 g/mol. The van der Waals surface area contributed by atoms with Gasteiger partial charge in [0.25, 0.3) is 0 Å². The lowest BCUT2D eigenvalue weighted by Crippen LogP contribution is -2.25. The first kappa shape index (κ1) is 14.8. The number of rotatable bonds is 7. The molecule has 0 radical (unpaired) electrons. The molecule has 0 bridgehead atoms. The van der Waals surface area contributed by atoms with Crippen LogP contribution in [0.1, 0.15) is 20.3 Å². The fourth-order valence-electron chi connectivity index (χ4n) is 1.11. The Labute approximate surface area is 96.8 Å². The van der Waals surface area contributed by atoms with E-state index >= 15 is 0 Å². The van der Waals surface area contributed by atoms with Crippen LogP contribution >= 0.6 is 0 Å². The van der Waals surface area contributed by atoms with Gasteiger partial charge in [0.05, 0.1) is 6.10 Å². The molecule has 3 heteroatoms. The number of carbonyl (C=O) groups is 1. The summed E-state index contributed by atoms with van der Waals surface area (Å²) in [5.74, 6) is -0.607. The predicted octanol–water partition coefficient (Wildman–Crippen LogP) is 1.62. The van der Waals surface area contributed by atoms with E-state index in [0.29, 0.717) is 0 Å². The number of allylic oxidation sites excluding steroid dienone is 6. The van der Waals surface area contributed by atoms with E-state index < -0.39 is 12.0 Å². The highest BCUT2D eigenvalue weighted by molar-refractivity contribution is 5.92. The minimum absolute atomic E-state index is 0.107. The van der Waals surface area contributed by atoms with Crippen LogP contribution in [-0.4, -0.2) is 28.7 Å². The fraction of sp³-hybridized carbons (Fsp3) is 0.462. The van der Waals surface area contributed by atoms with E-state index in [4.69, 9.17) is 5.11 Å². The van der Waals surface area contributed by atoms with Gasteiger partial charge in [0, 0.05) is 12.5 Å². The van der Waals surface area contributed by atoms with Gasteiger partial charge in [0.2, 0.25) is 0 Å². The second-order valence-electron chi connectivity index (χ2n) is 3.54. The van der Waals surface area contributed by atoms with Gasteiger partial charge in [-0.25, -0.2) is 0 Å². The summed E-state index contributed by atoms with van der Waals surface area (Å²) in [4.78, 5) is 11.5. The Morgan fingerprint density at radius 2 is 1.88 bits per heavy atom. The van der Waals surface area contributed by atoms with Crippen molar-refractivity contribution >= 4 is 5.78 Å². The molecule has 2 atom stereocenters. The molecule has 0 spiro atoms. The Balaban J connectivity index is 4.14. The summed E-state index contributed by atoms with van der Waals surface area (Å²) >= 11 is 0. The van der Waals surface area contributed by atoms with Gasteiger partial charge >= 0.3 is 0 Å². The molecule has 16 heavy (non-hydrogen) atoms. The average Bonchev–Trinajstić information content (AvgIpc) is 2.27. The van der Waals surface area contributed by atoms with Crippen molar-refractivity contribution in [2.24, 2.45) is 5.92 Å². The second-order valence-corrected chi connectivity index (χ2v) is 3.54. The number of aliphatic hydroxyl groups excluding tert-OH is 2. The van der Waals surface area contributed by atoms with Crippen molar-refractivity contribution < 1.29 is 15.0 Å². The molecule has 0 aliphatic heterocycles. The van der Waals surface area contributed by atoms with Crippen LogP contribution in [-0.2, 0) is 4.79 Å². The average molecular weight is 224 g/mol. The number of hydrogen-bond acceptors (Lipinski definition) is 3. The summed E-state index contributed by atoms with van der Waals surface area (Å²) in [6.45, 7) is 3.46. The van der Waals surface area contributed by atoms with Gasteiger partial charge in [-0.05, 0) is 19.4 Å². The molecule has 0 aromatic heterocycles. The molecule has 0 aromatic rings. The van der Waals surface area contributed by atoms with E-state index in [0.717, 1.165) is 0 Å². The first-order valence-electron chi connectivity index (χ1n) is 5.42. The van der Waals surface area contributed by atoms with Crippen molar-refractivity contribution in [2.75, 3.05) is 6.61 Å². The molecule has 0 aromatic carbocycles. The van der Waals surface area contributed by atoms with Gasteiger partial charge in [-0.2, -0.15) is 0 Å². The fourth-order valence-corrected chi connectivity index (χ4v) is 1.11. The van der Waals surface area contributed by atoms with E-state index in [1.54, 1.807) is 19.1 Å². The number of hydrogen-bond donors (Lipinski definition) is 2. The molecule has 3 nitrogen and oxygen atoms in total. The number of ketones is 1. The first-order valence-corrected chi connectivity index (χ1v) is 5.42. The number of aliphatic hydroxyl groups is 2. The Hall–Kier alpha value is -1.19. The van der Waals surface area contributed by atoms with Gasteiger partial charge in [0.15, 0.2) is 5.78 Å². The molecule has 90 valence electrons. The molecule has 0 heterocycles. The molecule has 0 rings (SSSR count). The lowest BCUT2D eigenvalue weighted by molar-refractivity contribution is -0.121. The maximum absolute atomic E-state index is 11.5. The molecular weight excluding hydrogens is 204 g/mol. The maximum Gasteiger partial charge on any atom is 0.161 e. The standard InChI is InChI=1S/C13H20O3/c1-3-4-5-6-7-8-12(15)11(2)13(16)9-10-14/h3-8,11,13-14,16H,9-10H2,1-2H3/b4-3+,6-5+,8-7+/t11?,13-/m0/s1. The molecule has 0 fully saturated rings. The van der Waals surface area contributed by atoms with E-state index in [1.807, 2.05) is 25.2 Å². The molecular formula is C13H20O3. The normalized spacial score (nSPS) is 16.2. The zero-order chi connectivity index (χ0) is 12.4. The van der Waals surface area contributed by atoms with Crippen LogP contribution in [0.3, 0.4) is 0 Å². The van der Waals surface area contributed by atoms with Crippen LogP contribution in [0.15, 0.2) is 36.5 Å². The van der Waals surface area contributed by atoms with Crippen LogP contribution in [0, 0.1) is 5.92 Å². The summed E-state index contributed by atoms with van der Waals surface area (Å²) in [6.07, 6.45) is 9.85. The van der Waals surface area contributed by atoms with Gasteiger partial charge in [-0.3, -0.25) is 4.79 Å². The summed E-state index contributed by atoms with van der Waals surface area (Å²) in [5, 5.41) is 18.1. The minimum atomic E-state index is -0.776. The summed E-state index contributed by atoms with van der Waals surface area (Å²) in [7, 11) is 0. The van der Waals surface area contributed by atoms with E-state index in [9.17, 15) is 9.90 Å². The van der Waals surface area contributed by atoms with Crippen LogP contribution < -0.4 is 0 Å². The van der Waals surface area contributed by atoms with Crippen molar-refractivity contribution in [2.45, 2.75) is 26.4 Å². The largest absolute Gasteiger partial charge is 0.396 e. The zero-order valence-electron chi connectivity index (χ0n) is 9.84. The molecule has 0 aliphatic rings. The lowest BCUT2D eigenvalue weighted by atomic mass is 9.97. The van der Waals surface area contributed by atoms with E-state index in [-0.39, 0.29) is 18.8 Å². The molecule has 1 unspecified atom stereocenters. The third-order valence-corrected chi connectivity index (χ3v) is 2.24. The third kappa shape index (κ3) is 6.32. The highest BCUT2D eigenvalue weighted by Gasteiger charge is 2.18. The summed E-state index contributed by atoms with van der Waals surface area (Å²) < 4.78 is 0. The van der Waals surface area contributed by atoms with Crippen LogP contribution in [0.25, 0.3) is 0 Å². The molecule has 2 N–H and O–H groups in total. The SMILES string of the molecule is C/C=C/C=C/C=C/C(=O)C(C)[C@@H](O)CCO. The summed E-state index contributed by atoms with van der Waals surface area (Å²) in [5.41, 5.74) is 0. The van der Waals surface area contributed by atoms with E-state index in [2.05, 4.69) is 0 Å². The molecule has 0 amide bonds. The van der Waals surface area contributed by atoms with Crippen molar-refractivity contribution in [3.05, 3.63) is 36.5 Å². The quantitative estimate of drug-likeness (QED) is 0.510. The van der Waals surface area contributed by atoms with Gasteiger partial charge in [-0.1, -0.05) is 37.3 Å². The molecule has 0 saturated carbocycles. The summed E-state index contributed by atoms with van der Waals surface area (Å²) in [6, 6.07) is 0. The highest BCUT2D eigenvalue weighted by atomic mass is 16.3. The smallest absolute Gasteiger partial charge is 0.161 e. The maximum atomic E-state index is 11.5. The first-order chi connectivity index (χ1) is 7.63. The van der Waals surface area contributed by atoms with Gasteiger partial charge in [-0.15, -0.1) is 0 Å². The Bertz CT molecular complexity index is 277. The second kappa shape index (κ2) is 9.07. The Morgan fingerprint density at radius 3 is 2.44 bits per heavy atom. The van der Waals surface area contributed by atoms with Crippen LogP contribution in [0.2, 0.25) is 0 Å². The van der Waals surface area contributed by atoms with Crippen molar-refractivity contribution in [3.8, 4) is 0 Å². The van der Waals surface area contributed by atoms with Crippen molar-refractivity contribution in [3.63, 3.8) is 0 Å². The zero-order valence-corrected chi connectivity index (χ0v) is 9.84. The predicted molar refractivity (Wildman–Crippen MR) is 65.0 cm³/mol. The third-order valence-electron chi connectivity index (χ3n) is 2.24. The van der Waals surface area contributed by atoms with Gasteiger partial charge < -0.3 is 10.2 Å². The van der Waals surface area contributed by atoms with Gasteiger partial charge in [0.1, 0.15) is 0 Å². The van der Waals surface area contributed by atoms with Crippen molar-refractivity contribution in [1.29, 1.82) is 0 Å². The lowest BCUT2D eigenvalue weighted by Gasteiger charge is -2.14. The number of carbonyl (C=O) groups excluding carboxylic acids is 1. The highest BCUT2D eigenvalue weighted by Crippen LogP contribution is 2.08. The molecule has 0 saturated heterocycles. The Morgan fingerprint density at radius 1 is 1.25 bits per heavy atom. The van der Waals surface area contributed by atoms with E-state index in [1.165, 1.54) is 6.08 Å². The topological polar surface area (TPSA) is 57.5 Å². The van der Waals surface area contributed by atoms with Crippen LogP contribution in [0.5, 0.6) is 0 Å². The van der Waals surface area contributed by atoms with Crippen LogP contribution in [0.4, 0.5) is 0 Å². The Kier molecular flexibility index (Phi) is 8.39.